The molecule has 0 fully saturated rings. The fraction of sp³-hybridized carbons (Fsp3) is 0.471. The number of halogens is 2. The number of nitrogens with one attached hydrogen (secondary N) is 1. The maximum Gasteiger partial charge on any atom is 0.345 e. The zero-order valence-corrected chi connectivity index (χ0v) is 17.7. The van der Waals surface area contributed by atoms with E-state index in [1.54, 1.807) is 32.3 Å². The fourth-order valence-corrected chi connectivity index (χ4v) is 3.21. The zero-order chi connectivity index (χ0) is 19.7. The van der Waals surface area contributed by atoms with Gasteiger partial charge in [0.05, 0.1) is 10.0 Å². The number of benzene rings is 1. The Kier molecular flexibility index (Phi) is 9.83. The SMILES string of the molecule is CCCCSC(=NC(=O)N(C)C)N(CC)C(=O)Nc1ccc(Cl)c(Cl)c1. The van der Waals surface area contributed by atoms with Gasteiger partial charge in [-0.2, -0.15) is 4.99 Å². The number of unbranched alkanes of at least 4 members (excludes halogenated alkanes) is 1. The van der Waals surface area contributed by atoms with Gasteiger partial charge in [-0.1, -0.05) is 48.3 Å². The van der Waals surface area contributed by atoms with Crippen LogP contribution in [0.1, 0.15) is 26.7 Å². The van der Waals surface area contributed by atoms with E-state index in [0.717, 1.165) is 18.6 Å². The predicted molar refractivity (Wildman–Crippen MR) is 112 cm³/mol. The van der Waals surface area contributed by atoms with Crippen LogP contribution in [0.15, 0.2) is 23.2 Å². The van der Waals surface area contributed by atoms with Crippen molar-refractivity contribution in [2.45, 2.75) is 26.7 Å². The molecule has 0 heterocycles. The molecule has 1 aromatic carbocycles. The molecule has 0 aromatic heterocycles. The number of carbonyl (C=O) groups is 2. The van der Waals surface area contributed by atoms with E-state index in [-0.39, 0.29) is 6.03 Å². The smallest absolute Gasteiger partial charge is 0.329 e. The van der Waals surface area contributed by atoms with Crippen molar-refractivity contribution in [2.24, 2.45) is 4.99 Å². The highest BCUT2D eigenvalue weighted by atomic mass is 35.5. The summed E-state index contributed by atoms with van der Waals surface area (Å²) in [5, 5.41) is 3.89. The number of carbonyl (C=O) groups excluding carboxylic acids is 2. The summed E-state index contributed by atoms with van der Waals surface area (Å²) in [6, 6.07) is 4.04. The molecule has 0 saturated carbocycles. The molecule has 0 aliphatic rings. The Bertz CT molecular complexity index is 668. The Labute approximate surface area is 168 Å². The molecule has 4 amide bonds. The highest BCUT2D eigenvalue weighted by molar-refractivity contribution is 8.13. The summed E-state index contributed by atoms with van der Waals surface area (Å²) in [6.07, 6.45) is 1.98. The summed E-state index contributed by atoms with van der Waals surface area (Å²) < 4.78 is 0. The quantitative estimate of drug-likeness (QED) is 0.394. The van der Waals surface area contributed by atoms with E-state index in [2.05, 4.69) is 17.2 Å². The Morgan fingerprint density at radius 2 is 1.88 bits per heavy atom. The van der Waals surface area contributed by atoms with Gasteiger partial charge in [-0.05, 0) is 31.5 Å². The van der Waals surface area contributed by atoms with Crippen molar-refractivity contribution in [3.8, 4) is 0 Å². The number of hydrogen-bond donors (Lipinski definition) is 1. The van der Waals surface area contributed by atoms with Gasteiger partial charge in [0, 0.05) is 32.1 Å². The van der Waals surface area contributed by atoms with Crippen molar-refractivity contribution in [1.82, 2.24) is 9.80 Å². The predicted octanol–water partition coefficient (Wildman–Crippen LogP) is 5.42. The van der Waals surface area contributed by atoms with Gasteiger partial charge in [-0.3, -0.25) is 4.90 Å². The highest BCUT2D eigenvalue weighted by Crippen LogP contribution is 2.25. The molecule has 26 heavy (non-hydrogen) atoms. The van der Waals surface area contributed by atoms with Gasteiger partial charge in [0.15, 0.2) is 5.17 Å². The molecule has 0 aliphatic carbocycles. The lowest BCUT2D eigenvalue weighted by Crippen LogP contribution is -2.39. The second-order valence-electron chi connectivity index (χ2n) is 5.58. The average molecular weight is 419 g/mol. The first-order valence-corrected chi connectivity index (χ1v) is 10.0. The summed E-state index contributed by atoms with van der Waals surface area (Å²) in [4.78, 5) is 31.6. The van der Waals surface area contributed by atoms with E-state index in [1.807, 2.05) is 6.92 Å². The Morgan fingerprint density at radius 1 is 1.19 bits per heavy atom. The van der Waals surface area contributed by atoms with E-state index in [4.69, 9.17) is 23.2 Å². The van der Waals surface area contributed by atoms with E-state index in [1.165, 1.54) is 21.6 Å². The maximum atomic E-state index is 12.7. The third-order valence-electron chi connectivity index (χ3n) is 3.27. The summed E-state index contributed by atoms with van der Waals surface area (Å²) >= 11 is 13.3. The first-order valence-electron chi connectivity index (χ1n) is 8.26. The number of aliphatic imine (C=N–C) groups is 1. The second-order valence-corrected chi connectivity index (χ2v) is 7.45. The minimum atomic E-state index is -0.412. The van der Waals surface area contributed by atoms with E-state index >= 15 is 0 Å². The van der Waals surface area contributed by atoms with Gasteiger partial charge >= 0.3 is 12.1 Å². The largest absolute Gasteiger partial charge is 0.345 e. The number of amides is 4. The van der Waals surface area contributed by atoms with Crippen molar-refractivity contribution in [3.63, 3.8) is 0 Å². The lowest BCUT2D eigenvalue weighted by Gasteiger charge is -2.23. The molecule has 0 radical (unpaired) electrons. The molecule has 0 atom stereocenters. The molecule has 0 saturated heterocycles. The topological polar surface area (TPSA) is 65.0 Å². The number of hydrogen-bond acceptors (Lipinski definition) is 3. The number of amidine groups is 1. The molecular weight excluding hydrogens is 395 g/mol. The molecule has 0 unspecified atom stereocenters. The minimum absolute atomic E-state index is 0.349. The summed E-state index contributed by atoms with van der Waals surface area (Å²) in [5.41, 5.74) is 0.514. The van der Waals surface area contributed by atoms with Crippen molar-refractivity contribution in [1.29, 1.82) is 0 Å². The summed E-state index contributed by atoms with van der Waals surface area (Å²) in [5.74, 6) is 0.770. The third-order valence-corrected chi connectivity index (χ3v) is 5.07. The van der Waals surface area contributed by atoms with Crippen molar-refractivity contribution in [2.75, 3.05) is 31.7 Å². The first kappa shape index (κ1) is 22.6. The molecule has 0 aliphatic heterocycles. The van der Waals surface area contributed by atoms with E-state index in [0.29, 0.717) is 27.4 Å². The van der Waals surface area contributed by atoms with Crippen LogP contribution in [0.25, 0.3) is 0 Å². The van der Waals surface area contributed by atoms with Crippen LogP contribution in [-0.2, 0) is 0 Å². The average Bonchev–Trinajstić information content (AvgIpc) is 2.58. The lowest BCUT2D eigenvalue weighted by atomic mass is 10.3. The molecule has 144 valence electrons. The molecule has 1 aromatic rings. The number of urea groups is 2. The normalized spacial score (nSPS) is 11.2. The number of nitrogens with zero attached hydrogens (tertiary/aromatic N) is 3. The molecule has 1 rings (SSSR count). The first-order chi connectivity index (χ1) is 12.3. The molecular formula is C17H24Cl2N4O2S. The summed E-state index contributed by atoms with van der Waals surface area (Å²) in [6.45, 7) is 4.27. The van der Waals surface area contributed by atoms with E-state index < -0.39 is 6.03 Å². The Hall–Kier alpha value is -1.44. The standard InChI is InChI=1S/C17H24Cl2N4O2S/c1-5-7-10-26-17(21-15(24)22(3)4)23(6-2)16(25)20-12-8-9-13(18)14(19)11-12/h8-9,11H,5-7,10H2,1-4H3,(H,20,25). The van der Waals surface area contributed by atoms with Crippen LogP contribution in [0, 0.1) is 0 Å². The number of thioether (sulfide) groups is 1. The van der Waals surface area contributed by atoms with Gasteiger partial charge in [0.1, 0.15) is 0 Å². The Balaban J connectivity index is 3.00. The van der Waals surface area contributed by atoms with Gasteiger partial charge in [-0.25, -0.2) is 9.59 Å². The third kappa shape index (κ3) is 7.05. The summed E-state index contributed by atoms with van der Waals surface area (Å²) in [7, 11) is 3.23. The van der Waals surface area contributed by atoms with Gasteiger partial charge < -0.3 is 10.2 Å². The van der Waals surface area contributed by atoms with Gasteiger partial charge in [-0.15, -0.1) is 0 Å². The zero-order valence-electron chi connectivity index (χ0n) is 15.4. The molecule has 0 bridgehead atoms. The molecule has 6 nitrogen and oxygen atoms in total. The molecule has 0 spiro atoms. The van der Waals surface area contributed by atoms with Crippen LogP contribution in [-0.4, -0.2) is 53.4 Å². The van der Waals surface area contributed by atoms with Crippen LogP contribution in [0.3, 0.4) is 0 Å². The van der Waals surface area contributed by atoms with Gasteiger partial charge in [0.2, 0.25) is 0 Å². The van der Waals surface area contributed by atoms with E-state index in [9.17, 15) is 9.59 Å². The Morgan fingerprint density at radius 3 is 2.42 bits per heavy atom. The molecule has 9 heteroatoms. The fourth-order valence-electron chi connectivity index (χ4n) is 1.79. The van der Waals surface area contributed by atoms with Crippen LogP contribution in [0.5, 0.6) is 0 Å². The maximum absolute atomic E-state index is 12.7. The highest BCUT2D eigenvalue weighted by Gasteiger charge is 2.20. The van der Waals surface area contributed by atoms with Crippen molar-refractivity contribution in [3.05, 3.63) is 28.2 Å². The number of rotatable bonds is 5. The molecule has 1 N–H and O–H groups in total. The second kappa shape index (κ2) is 11.3. The van der Waals surface area contributed by atoms with Crippen LogP contribution in [0.2, 0.25) is 10.0 Å². The van der Waals surface area contributed by atoms with Crippen LogP contribution < -0.4 is 5.32 Å². The van der Waals surface area contributed by atoms with Crippen LogP contribution in [0.4, 0.5) is 15.3 Å². The van der Waals surface area contributed by atoms with Crippen molar-refractivity contribution >= 4 is 57.9 Å². The van der Waals surface area contributed by atoms with Crippen LogP contribution >= 0.6 is 35.0 Å². The minimum Gasteiger partial charge on any atom is -0.329 e. The van der Waals surface area contributed by atoms with Gasteiger partial charge in [0.25, 0.3) is 0 Å². The lowest BCUT2D eigenvalue weighted by molar-refractivity contribution is 0.226. The number of anilines is 1. The van der Waals surface area contributed by atoms with Crippen molar-refractivity contribution < 1.29 is 9.59 Å². The monoisotopic (exact) mass is 418 g/mol.